The molecule has 1 N–H and O–H groups in total. The number of carbonyl (C=O) groups excluding carboxylic acids is 2. The summed E-state index contributed by atoms with van der Waals surface area (Å²) in [6.07, 6.45) is 2.23. The van der Waals surface area contributed by atoms with Gasteiger partial charge in [-0.05, 0) is 24.1 Å². The second-order valence-corrected chi connectivity index (χ2v) is 6.69. The fraction of sp³-hybridized carbons (Fsp3) is 0.368. The molecule has 2 aliphatic heterocycles. The largest absolute Gasteiger partial charge is 0.364 e. The summed E-state index contributed by atoms with van der Waals surface area (Å²) < 4.78 is 7.69. The highest BCUT2D eigenvalue weighted by molar-refractivity contribution is 5.93. The SMILES string of the molecule is Cn1cccc1C(=O)N1CC[C@@]2(c3ccccc3)NC(=O)CO[C@@H]2C1. The number of fused-ring (bicyclic) bond motifs is 1. The van der Waals surface area contributed by atoms with E-state index in [4.69, 9.17) is 4.74 Å². The fourth-order valence-electron chi connectivity index (χ4n) is 3.89. The molecule has 2 saturated heterocycles. The van der Waals surface area contributed by atoms with Gasteiger partial charge in [-0.15, -0.1) is 0 Å². The van der Waals surface area contributed by atoms with Gasteiger partial charge in [0.2, 0.25) is 5.91 Å². The van der Waals surface area contributed by atoms with E-state index >= 15 is 0 Å². The predicted molar refractivity (Wildman–Crippen MR) is 91.9 cm³/mol. The molecule has 25 heavy (non-hydrogen) atoms. The van der Waals surface area contributed by atoms with Crippen LogP contribution in [0, 0.1) is 0 Å². The lowest BCUT2D eigenvalue weighted by Gasteiger charge is -2.50. The fourth-order valence-corrected chi connectivity index (χ4v) is 3.89. The Morgan fingerprint density at radius 3 is 2.76 bits per heavy atom. The molecule has 1 aromatic heterocycles. The van der Waals surface area contributed by atoms with Gasteiger partial charge < -0.3 is 19.5 Å². The molecule has 2 atom stereocenters. The number of ether oxygens (including phenoxy) is 1. The zero-order valence-electron chi connectivity index (χ0n) is 14.1. The van der Waals surface area contributed by atoms with Gasteiger partial charge in [-0.1, -0.05) is 30.3 Å². The average molecular weight is 339 g/mol. The Balaban J connectivity index is 1.63. The van der Waals surface area contributed by atoms with Crippen molar-refractivity contribution in [2.75, 3.05) is 19.7 Å². The molecule has 130 valence electrons. The maximum Gasteiger partial charge on any atom is 0.270 e. The monoisotopic (exact) mass is 339 g/mol. The summed E-state index contributed by atoms with van der Waals surface area (Å²) in [6, 6.07) is 13.6. The number of amides is 2. The van der Waals surface area contributed by atoms with E-state index in [1.807, 2.05) is 65.2 Å². The zero-order chi connectivity index (χ0) is 17.4. The van der Waals surface area contributed by atoms with Crippen molar-refractivity contribution in [3.8, 4) is 0 Å². The number of carbonyl (C=O) groups is 2. The van der Waals surface area contributed by atoms with Gasteiger partial charge in [0.25, 0.3) is 5.91 Å². The van der Waals surface area contributed by atoms with E-state index in [2.05, 4.69) is 5.32 Å². The maximum atomic E-state index is 12.8. The first kappa shape index (κ1) is 15.9. The van der Waals surface area contributed by atoms with Crippen molar-refractivity contribution < 1.29 is 14.3 Å². The number of hydrogen-bond acceptors (Lipinski definition) is 3. The third-order valence-electron chi connectivity index (χ3n) is 5.23. The van der Waals surface area contributed by atoms with Crippen LogP contribution in [0.2, 0.25) is 0 Å². The van der Waals surface area contributed by atoms with Crippen LogP contribution in [0.25, 0.3) is 0 Å². The van der Waals surface area contributed by atoms with Crippen LogP contribution in [-0.4, -0.2) is 47.1 Å². The van der Waals surface area contributed by atoms with E-state index in [1.54, 1.807) is 0 Å². The van der Waals surface area contributed by atoms with E-state index in [0.29, 0.717) is 25.2 Å². The first-order chi connectivity index (χ1) is 12.1. The van der Waals surface area contributed by atoms with Gasteiger partial charge in [0, 0.05) is 26.3 Å². The van der Waals surface area contributed by atoms with Gasteiger partial charge in [0.05, 0.1) is 5.54 Å². The Kier molecular flexibility index (Phi) is 3.84. The molecule has 6 heteroatoms. The molecule has 0 radical (unpaired) electrons. The van der Waals surface area contributed by atoms with E-state index in [9.17, 15) is 9.59 Å². The quantitative estimate of drug-likeness (QED) is 0.897. The number of benzene rings is 1. The van der Waals surface area contributed by atoms with Crippen LogP contribution < -0.4 is 5.32 Å². The highest BCUT2D eigenvalue weighted by Crippen LogP contribution is 2.37. The Hall–Kier alpha value is -2.60. The predicted octanol–water partition coefficient (Wildman–Crippen LogP) is 1.28. The summed E-state index contributed by atoms with van der Waals surface area (Å²) >= 11 is 0. The van der Waals surface area contributed by atoms with E-state index in [0.717, 1.165) is 5.56 Å². The molecule has 0 bridgehead atoms. The van der Waals surface area contributed by atoms with Gasteiger partial charge in [-0.2, -0.15) is 0 Å². The molecular weight excluding hydrogens is 318 g/mol. The van der Waals surface area contributed by atoms with Crippen LogP contribution in [0.3, 0.4) is 0 Å². The first-order valence-electron chi connectivity index (χ1n) is 8.49. The van der Waals surface area contributed by atoms with Gasteiger partial charge >= 0.3 is 0 Å². The minimum atomic E-state index is -0.568. The van der Waals surface area contributed by atoms with Crippen molar-refractivity contribution in [1.29, 1.82) is 0 Å². The lowest BCUT2D eigenvalue weighted by Crippen LogP contribution is -2.67. The Bertz CT molecular complexity index is 801. The molecule has 6 nitrogen and oxygen atoms in total. The molecule has 2 aromatic rings. The summed E-state index contributed by atoms with van der Waals surface area (Å²) in [7, 11) is 1.86. The molecule has 4 rings (SSSR count). The minimum absolute atomic E-state index is 0.00494. The number of aromatic nitrogens is 1. The third-order valence-corrected chi connectivity index (χ3v) is 5.23. The van der Waals surface area contributed by atoms with Crippen molar-refractivity contribution in [1.82, 2.24) is 14.8 Å². The van der Waals surface area contributed by atoms with Crippen molar-refractivity contribution in [3.63, 3.8) is 0 Å². The molecule has 2 fully saturated rings. The molecule has 3 heterocycles. The highest BCUT2D eigenvalue weighted by atomic mass is 16.5. The van der Waals surface area contributed by atoms with E-state index in [1.165, 1.54) is 0 Å². The number of nitrogens with zero attached hydrogens (tertiary/aromatic N) is 2. The van der Waals surface area contributed by atoms with Crippen LogP contribution in [0.4, 0.5) is 0 Å². The summed E-state index contributed by atoms with van der Waals surface area (Å²) in [5, 5.41) is 3.15. The molecular formula is C19H21N3O3. The van der Waals surface area contributed by atoms with Gasteiger partial charge in [0.15, 0.2) is 0 Å². The summed E-state index contributed by atoms with van der Waals surface area (Å²) in [5.74, 6) is -0.114. The number of likely N-dealkylation sites (tertiary alicyclic amines) is 1. The average Bonchev–Trinajstić information content (AvgIpc) is 3.07. The van der Waals surface area contributed by atoms with Crippen molar-refractivity contribution in [3.05, 3.63) is 59.9 Å². The Morgan fingerprint density at radius 2 is 2.04 bits per heavy atom. The molecule has 2 amide bonds. The number of piperidine rings is 1. The van der Waals surface area contributed by atoms with Crippen molar-refractivity contribution >= 4 is 11.8 Å². The summed E-state index contributed by atoms with van der Waals surface area (Å²) in [4.78, 5) is 26.7. The number of nitrogens with one attached hydrogen (secondary N) is 1. The first-order valence-corrected chi connectivity index (χ1v) is 8.49. The normalized spacial score (nSPS) is 26.0. The van der Waals surface area contributed by atoms with Crippen LogP contribution in [0.5, 0.6) is 0 Å². The van der Waals surface area contributed by atoms with Crippen molar-refractivity contribution in [2.45, 2.75) is 18.1 Å². The van der Waals surface area contributed by atoms with E-state index in [-0.39, 0.29) is 24.5 Å². The molecule has 0 aliphatic carbocycles. The van der Waals surface area contributed by atoms with Crippen LogP contribution in [-0.2, 0) is 22.1 Å². The minimum Gasteiger partial charge on any atom is -0.364 e. The highest BCUT2D eigenvalue weighted by Gasteiger charge is 2.49. The van der Waals surface area contributed by atoms with Gasteiger partial charge in [0.1, 0.15) is 18.4 Å². The topological polar surface area (TPSA) is 63.6 Å². The lowest BCUT2D eigenvalue weighted by atomic mass is 9.77. The standard InChI is InChI=1S/C19H21N3O3/c1-21-10-5-8-15(21)18(24)22-11-9-19(14-6-3-2-4-7-14)16(12-22)25-13-17(23)20-19/h2-8,10,16H,9,11-13H2,1H3,(H,20,23)/t16-,19+/m1/s1. The van der Waals surface area contributed by atoms with Gasteiger partial charge in [-0.3, -0.25) is 9.59 Å². The zero-order valence-corrected chi connectivity index (χ0v) is 14.1. The third kappa shape index (κ3) is 2.62. The van der Waals surface area contributed by atoms with Gasteiger partial charge in [-0.25, -0.2) is 0 Å². The molecule has 0 spiro atoms. The second kappa shape index (κ2) is 6.04. The Labute approximate surface area is 146 Å². The van der Waals surface area contributed by atoms with Crippen LogP contribution in [0.15, 0.2) is 48.7 Å². The van der Waals surface area contributed by atoms with Crippen LogP contribution in [0.1, 0.15) is 22.5 Å². The molecule has 0 saturated carbocycles. The number of aryl methyl sites for hydroxylation is 1. The smallest absolute Gasteiger partial charge is 0.270 e. The van der Waals surface area contributed by atoms with E-state index < -0.39 is 5.54 Å². The Morgan fingerprint density at radius 1 is 1.24 bits per heavy atom. The van der Waals surface area contributed by atoms with Crippen LogP contribution >= 0.6 is 0 Å². The number of rotatable bonds is 2. The summed E-state index contributed by atoms with van der Waals surface area (Å²) in [5.41, 5.74) is 1.12. The lowest BCUT2D eigenvalue weighted by molar-refractivity contribution is -0.150. The second-order valence-electron chi connectivity index (χ2n) is 6.69. The molecule has 1 aromatic carbocycles. The maximum absolute atomic E-state index is 12.8. The number of morpholine rings is 1. The van der Waals surface area contributed by atoms with Crippen molar-refractivity contribution in [2.24, 2.45) is 7.05 Å². The molecule has 0 unspecified atom stereocenters. The summed E-state index contributed by atoms with van der Waals surface area (Å²) in [6.45, 7) is 1.06. The number of hydrogen-bond donors (Lipinski definition) is 1. The molecule has 2 aliphatic rings.